The third-order valence-corrected chi connectivity index (χ3v) is 4.41. The molecule has 1 aromatic carbocycles. The third kappa shape index (κ3) is 7.20. The van der Waals surface area contributed by atoms with Crippen molar-refractivity contribution in [2.75, 3.05) is 51.7 Å². The fourth-order valence-electron chi connectivity index (χ4n) is 2.53. The molecular formula is C18H31ClN4O2. The summed E-state index contributed by atoms with van der Waals surface area (Å²) in [7, 11) is 2.15. The predicted molar refractivity (Wildman–Crippen MR) is 105 cm³/mol. The van der Waals surface area contributed by atoms with Gasteiger partial charge in [-0.3, -0.25) is 9.69 Å². The van der Waals surface area contributed by atoms with E-state index in [4.69, 9.17) is 10.5 Å². The zero-order chi connectivity index (χ0) is 17.5. The second kappa shape index (κ2) is 10.6. The van der Waals surface area contributed by atoms with Gasteiger partial charge in [0.25, 0.3) is 0 Å². The largest absolute Gasteiger partial charge is 0.492 e. The lowest BCUT2D eigenvalue weighted by atomic mass is 10.1. The number of anilines is 1. The van der Waals surface area contributed by atoms with Gasteiger partial charge < -0.3 is 20.7 Å². The first-order chi connectivity index (χ1) is 11.5. The van der Waals surface area contributed by atoms with Crippen molar-refractivity contribution in [1.82, 2.24) is 9.80 Å². The number of nitrogens with one attached hydrogen (secondary N) is 1. The van der Waals surface area contributed by atoms with Crippen molar-refractivity contribution in [3.8, 4) is 5.75 Å². The molecule has 7 heteroatoms. The summed E-state index contributed by atoms with van der Waals surface area (Å²) < 4.78 is 5.79. The molecule has 0 radical (unpaired) electrons. The molecule has 1 saturated heterocycles. The maximum atomic E-state index is 11.9. The first kappa shape index (κ1) is 21.7. The van der Waals surface area contributed by atoms with Crippen LogP contribution in [0.1, 0.15) is 13.8 Å². The van der Waals surface area contributed by atoms with E-state index in [0.717, 1.165) is 44.2 Å². The van der Waals surface area contributed by atoms with E-state index in [1.165, 1.54) is 0 Å². The molecule has 1 atom stereocenters. The minimum absolute atomic E-state index is 0. The fourth-order valence-corrected chi connectivity index (χ4v) is 2.53. The average molecular weight is 371 g/mol. The summed E-state index contributed by atoms with van der Waals surface area (Å²) in [5.41, 5.74) is 6.58. The number of ether oxygens (including phenoxy) is 1. The smallest absolute Gasteiger partial charge is 0.241 e. The zero-order valence-corrected chi connectivity index (χ0v) is 16.2. The van der Waals surface area contributed by atoms with Gasteiger partial charge >= 0.3 is 0 Å². The van der Waals surface area contributed by atoms with Crippen LogP contribution >= 0.6 is 12.4 Å². The van der Waals surface area contributed by atoms with Gasteiger partial charge in [-0.15, -0.1) is 12.4 Å². The van der Waals surface area contributed by atoms with Gasteiger partial charge in [0.05, 0.1) is 6.04 Å². The molecule has 0 unspecified atom stereocenters. The molecule has 6 nitrogen and oxygen atoms in total. The number of nitrogens with zero attached hydrogens (tertiary/aromatic N) is 2. The Labute approximate surface area is 157 Å². The topological polar surface area (TPSA) is 70.8 Å². The number of rotatable bonds is 7. The molecule has 3 N–H and O–H groups in total. The number of benzene rings is 1. The van der Waals surface area contributed by atoms with Crippen LogP contribution in [0.4, 0.5) is 5.69 Å². The Hall–Kier alpha value is -1.34. The van der Waals surface area contributed by atoms with Gasteiger partial charge in [0, 0.05) is 38.4 Å². The second-order valence-electron chi connectivity index (χ2n) is 6.78. The van der Waals surface area contributed by atoms with Crippen LogP contribution in [0.5, 0.6) is 5.75 Å². The van der Waals surface area contributed by atoms with Crippen LogP contribution in [0.15, 0.2) is 24.3 Å². The van der Waals surface area contributed by atoms with Gasteiger partial charge in [0.1, 0.15) is 12.4 Å². The zero-order valence-electron chi connectivity index (χ0n) is 15.4. The van der Waals surface area contributed by atoms with E-state index in [9.17, 15) is 4.79 Å². The van der Waals surface area contributed by atoms with Crippen LogP contribution in [-0.4, -0.2) is 68.1 Å². The summed E-state index contributed by atoms with van der Waals surface area (Å²) in [4.78, 5) is 16.7. The van der Waals surface area contributed by atoms with Crippen molar-refractivity contribution in [3.05, 3.63) is 24.3 Å². The summed E-state index contributed by atoms with van der Waals surface area (Å²) in [6.07, 6.45) is 0. The van der Waals surface area contributed by atoms with Gasteiger partial charge in [-0.1, -0.05) is 13.8 Å². The molecule has 0 saturated carbocycles. The van der Waals surface area contributed by atoms with Crippen LogP contribution in [0, 0.1) is 5.92 Å². The fraction of sp³-hybridized carbons (Fsp3) is 0.611. The molecule has 0 bridgehead atoms. The van der Waals surface area contributed by atoms with E-state index in [2.05, 4.69) is 22.2 Å². The lowest BCUT2D eigenvalue weighted by Gasteiger charge is -2.32. The summed E-state index contributed by atoms with van der Waals surface area (Å²) in [6, 6.07) is 6.94. The highest BCUT2D eigenvalue weighted by molar-refractivity contribution is 5.94. The number of carbonyl (C=O) groups is 1. The maximum absolute atomic E-state index is 11.9. The molecule has 1 fully saturated rings. The van der Waals surface area contributed by atoms with Gasteiger partial charge in [0.2, 0.25) is 5.91 Å². The number of nitrogens with two attached hydrogens (primary N) is 1. The van der Waals surface area contributed by atoms with Crippen molar-refractivity contribution in [2.45, 2.75) is 19.9 Å². The van der Waals surface area contributed by atoms with E-state index < -0.39 is 6.04 Å². The van der Waals surface area contributed by atoms with Crippen molar-refractivity contribution in [1.29, 1.82) is 0 Å². The van der Waals surface area contributed by atoms with Crippen LogP contribution in [-0.2, 0) is 4.79 Å². The third-order valence-electron chi connectivity index (χ3n) is 4.41. The molecule has 142 valence electrons. The molecule has 1 aromatic rings. The highest BCUT2D eigenvalue weighted by Gasteiger charge is 2.17. The van der Waals surface area contributed by atoms with Crippen LogP contribution in [0.25, 0.3) is 0 Å². The lowest BCUT2D eigenvalue weighted by molar-refractivity contribution is -0.118. The molecule has 1 heterocycles. The standard InChI is InChI=1S/C18H30N4O2.ClH/c1-14(2)17(19)18(23)20-15-4-6-16(7-5-15)24-13-12-22-10-8-21(3)9-11-22;/h4-7,14,17H,8-13,19H2,1-3H3,(H,20,23);1H/t17-;/m0./s1. The van der Waals surface area contributed by atoms with E-state index in [1.54, 1.807) is 0 Å². The average Bonchev–Trinajstić information content (AvgIpc) is 2.57. The van der Waals surface area contributed by atoms with E-state index in [0.29, 0.717) is 6.61 Å². The summed E-state index contributed by atoms with van der Waals surface area (Å²) >= 11 is 0. The highest BCUT2D eigenvalue weighted by atomic mass is 35.5. The molecule has 25 heavy (non-hydrogen) atoms. The number of hydrogen-bond acceptors (Lipinski definition) is 5. The van der Waals surface area contributed by atoms with Gasteiger partial charge in [-0.2, -0.15) is 0 Å². The monoisotopic (exact) mass is 370 g/mol. The molecule has 1 aliphatic rings. The predicted octanol–water partition coefficient (Wildman–Crippen LogP) is 1.66. The first-order valence-corrected chi connectivity index (χ1v) is 8.66. The van der Waals surface area contributed by atoms with E-state index in [1.807, 2.05) is 38.1 Å². The molecule has 2 rings (SSSR count). The summed E-state index contributed by atoms with van der Waals surface area (Å²) in [6.45, 7) is 9.91. The van der Waals surface area contributed by atoms with Crippen LogP contribution < -0.4 is 15.8 Å². The molecule has 0 aromatic heterocycles. The van der Waals surface area contributed by atoms with Crippen molar-refractivity contribution >= 4 is 24.0 Å². The number of hydrogen-bond donors (Lipinski definition) is 2. The Bertz CT molecular complexity index is 516. The Morgan fingerprint density at radius 1 is 1.20 bits per heavy atom. The van der Waals surface area contributed by atoms with Crippen molar-refractivity contribution < 1.29 is 9.53 Å². The van der Waals surface area contributed by atoms with Crippen LogP contribution in [0.3, 0.4) is 0 Å². The second-order valence-corrected chi connectivity index (χ2v) is 6.78. The lowest BCUT2D eigenvalue weighted by Crippen LogP contribution is -2.45. The normalized spacial score (nSPS) is 17.0. The Morgan fingerprint density at radius 2 is 1.80 bits per heavy atom. The van der Waals surface area contributed by atoms with Gasteiger partial charge in [-0.25, -0.2) is 0 Å². The highest BCUT2D eigenvalue weighted by Crippen LogP contribution is 2.16. The van der Waals surface area contributed by atoms with Crippen LogP contribution in [0.2, 0.25) is 0 Å². The molecule has 0 aliphatic carbocycles. The molecular weight excluding hydrogens is 340 g/mol. The molecule has 1 amide bonds. The number of piperazine rings is 1. The molecule has 1 aliphatic heterocycles. The van der Waals surface area contributed by atoms with Crippen molar-refractivity contribution in [3.63, 3.8) is 0 Å². The van der Waals surface area contributed by atoms with E-state index >= 15 is 0 Å². The van der Waals surface area contributed by atoms with Gasteiger partial charge in [0.15, 0.2) is 0 Å². The summed E-state index contributed by atoms with van der Waals surface area (Å²) in [5.74, 6) is 0.770. The first-order valence-electron chi connectivity index (χ1n) is 8.66. The maximum Gasteiger partial charge on any atom is 0.241 e. The number of carbonyl (C=O) groups excluding carboxylic acids is 1. The SMILES string of the molecule is CC(C)[C@H](N)C(=O)Nc1ccc(OCCN2CCN(C)CC2)cc1.Cl. The number of amides is 1. The minimum Gasteiger partial charge on any atom is -0.492 e. The molecule has 0 spiro atoms. The Morgan fingerprint density at radius 3 is 2.36 bits per heavy atom. The van der Waals surface area contributed by atoms with E-state index in [-0.39, 0.29) is 24.2 Å². The van der Waals surface area contributed by atoms with Crippen molar-refractivity contribution in [2.24, 2.45) is 11.7 Å². The number of halogens is 1. The number of likely N-dealkylation sites (N-methyl/N-ethyl adjacent to an activating group) is 1. The summed E-state index contributed by atoms with van der Waals surface area (Å²) in [5, 5.41) is 2.83. The Balaban J connectivity index is 0.00000312. The van der Waals surface area contributed by atoms with Gasteiger partial charge in [-0.05, 0) is 37.2 Å². The minimum atomic E-state index is -0.496. The Kier molecular flexibility index (Phi) is 9.21. The quantitative estimate of drug-likeness (QED) is 0.763.